The Kier molecular flexibility index (Phi) is 21.5. The summed E-state index contributed by atoms with van der Waals surface area (Å²) < 4.78 is 125. The van der Waals surface area contributed by atoms with Crippen LogP contribution >= 0.6 is 0 Å². The average Bonchev–Trinajstić information content (AvgIpc) is 0.918. The molecule has 24 aromatic rings. The first-order chi connectivity index (χ1) is 69.4. The lowest BCUT2D eigenvalue weighted by molar-refractivity contribution is 0.500. The molecule has 0 saturated heterocycles. The number of nitrogens with zero attached hydrogens (tertiary/aromatic N) is 8. The van der Waals surface area contributed by atoms with Gasteiger partial charge in [0.2, 0.25) is 0 Å². The molecular formula is C126H72F8N8. The first-order valence-corrected chi connectivity index (χ1v) is 46.0. The van der Waals surface area contributed by atoms with Crippen molar-refractivity contribution in [2.75, 3.05) is 4.90 Å². The quantitative estimate of drug-likeness (QED) is 0.0722. The number of imidazole rings is 1. The highest BCUT2D eigenvalue weighted by atomic mass is 19.2. The van der Waals surface area contributed by atoms with Crippen LogP contribution in [-0.4, -0.2) is 14.1 Å². The lowest BCUT2D eigenvalue weighted by Gasteiger charge is -2.28. The maximum atomic E-state index is 15.1. The number of hydrogen-bond acceptors (Lipinski definition) is 6. The molecule has 0 saturated carbocycles. The molecule has 0 unspecified atom stereocenters. The Labute approximate surface area is 808 Å². The Bertz CT molecular complexity index is 9450. The summed E-state index contributed by atoms with van der Waals surface area (Å²) in [5.41, 5.74) is 26.0. The molecule has 0 amide bonds. The first kappa shape index (κ1) is 87.2. The Hall–Kier alpha value is -18.9. The van der Waals surface area contributed by atoms with Crippen molar-refractivity contribution < 1.29 is 35.1 Å². The molecule has 8 nitrogen and oxygen atoms in total. The van der Waals surface area contributed by atoms with Crippen molar-refractivity contribution in [2.24, 2.45) is 0 Å². The van der Waals surface area contributed by atoms with Gasteiger partial charge in [0.1, 0.15) is 64.5 Å². The Balaban J connectivity index is 0.000000122. The van der Waals surface area contributed by atoms with Gasteiger partial charge in [0, 0.05) is 61.0 Å². The topological polar surface area (TPSA) is 121 Å². The summed E-state index contributed by atoms with van der Waals surface area (Å²) in [4.78, 5) is 7.52. The molecule has 2 heterocycles. The lowest BCUT2D eigenvalue weighted by atomic mass is 9.82. The van der Waals surface area contributed by atoms with E-state index in [-0.39, 0.29) is 5.41 Å². The van der Waals surface area contributed by atoms with E-state index in [1.807, 2.05) is 0 Å². The predicted octanol–water partition coefficient (Wildman–Crippen LogP) is 32.3. The fourth-order valence-corrected chi connectivity index (χ4v) is 20.9. The standard InChI is InChI=1S/C53H34N2.C51H38N2.C22F8N4/c1-2-16-44(17-3-1)55-50-21-11-10-20-49(50)54-53(55)38-26-22-37(23-27-38)41-30-31-47-48(34-41)52(43-29-25-36-13-5-7-15-40(36)33-43)46-19-9-8-18-45(46)51(47)42-28-24-35-12-4-6-14-39(35)32-42;1-51(2)47-19-11-9-17-43(47)44-31-30-42(34-48(44)51)52(40-26-21-36(22-27-40)35-13-5-3-6-14-35)41-28-23-37(24-29-41)38-25-32-50-46(33-38)45-18-10-12-20-49(45)53(50)39-15-7-4-8-16-39;23-15-7(5(1-31)2-32)16(24)12-9-10-13(21(29)19(27)11(9)15)17(25)8(6(3-33)4-34)18(26)14(10)22(30)20(12)28/h1-34H;3-34H,1-2H3;. The summed E-state index contributed by atoms with van der Waals surface area (Å²) in [7, 11) is 0. The van der Waals surface area contributed by atoms with Crippen LogP contribution in [0.5, 0.6) is 0 Å². The molecule has 0 atom stereocenters. The summed E-state index contributed by atoms with van der Waals surface area (Å²) in [5.74, 6) is -16.5. The van der Waals surface area contributed by atoms with Crippen molar-refractivity contribution in [3.8, 4) is 114 Å². The van der Waals surface area contributed by atoms with Crippen LogP contribution in [0.2, 0.25) is 0 Å². The normalized spacial score (nSPS) is 11.9. The number of halogens is 8. The van der Waals surface area contributed by atoms with Crippen LogP contribution in [0.3, 0.4) is 0 Å². The van der Waals surface area contributed by atoms with Gasteiger partial charge >= 0.3 is 0 Å². The molecule has 0 bridgehead atoms. The highest BCUT2D eigenvalue weighted by molar-refractivity contribution is 6.26. The van der Waals surface area contributed by atoms with Crippen LogP contribution in [0.4, 0.5) is 52.2 Å². The van der Waals surface area contributed by atoms with E-state index in [2.05, 4.69) is 428 Å². The Morgan fingerprint density at radius 2 is 0.627 bits per heavy atom. The third-order valence-electron chi connectivity index (χ3n) is 27.6. The molecule has 0 N–H and O–H groups in total. The van der Waals surface area contributed by atoms with Gasteiger partial charge in [0.15, 0.2) is 23.3 Å². The first-order valence-electron chi connectivity index (χ1n) is 46.0. The van der Waals surface area contributed by atoms with E-state index in [9.17, 15) is 17.6 Å². The number of aromatic nitrogens is 3. The van der Waals surface area contributed by atoms with E-state index < -0.39 is 100 Å². The summed E-state index contributed by atoms with van der Waals surface area (Å²) in [6.07, 6.45) is 0. The third-order valence-corrected chi connectivity index (χ3v) is 27.6. The zero-order chi connectivity index (χ0) is 97.0. The summed E-state index contributed by atoms with van der Waals surface area (Å²) >= 11 is 0. The van der Waals surface area contributed by atoms with Gasteiger partial charge in [-0.25, -0.2) is 40.1 Å². The third kappa shape index (κ3) is 14.3. The van der Waals surface area contributed by atoms with Crippen molar-refractivity contribution in [1.82, 2.24) is 14.1 Å². The average molecular weight is 1850 g/mol. The predicted molar refractivity (Wildman–Crippen MR) is 555 cm³/mol. The zero-order valence-electron chi connectivity index (χ0n) is 75.7. The monoisotopic (exact) mass is 1850 g/mol. The second-order valence-corrected chi connectivity index (χ2v) is 35.7. The van der Waals surface area contributed by atoms with Gasteiger partial charge in [-0.2, -0.15) is 21.0 Å². The molecule has 0 spiro atoms. The number of fused-ring (bicyclic) bond motifs is 11. The van der Waals surface area contributed by atoms with Gasteiger partial charge in [-0.1, -0.05) is 305 Å². The van der Waals surface area contributed by atoms with Gasteiger partial charge in [-0.05, 0) is 230 Å². The van der Waals surface area contributed by atoms with Crippen LogP contribution < -0.4 is 15.3 Å². The van der Waals surface area contributed by atoms with Crippen molar-refractivity contribution in [3.05, 3.63) is 468 Å². The largest absolute Gasteiger partial charge is 0.310 e. The molecule has 0 fully saturated rings. The molecule has 16 heteroatoms. The fourth-order valence-electron chi connectivity index (χ4n) is 20.9. The minimum absolute atomic E-state index is 0.0864. The van der Waals surface area contributed by atoms with E-state index in [4.69, 9.17) is 26.0 Å². The molecule has 0 radical (unpaired) electrons. The van der Waals surface area contributed by atoms with Crippen LogP contribution in [0.1, 0.15) is 25.0 Å². The second kappa shape index (κ2) is 35.0. The van der Waals surface area contributed by atoms with Crippen LogP contribution in [0.15, 0.2) is 400 Å². The van der Waals surface area contributed by atoms with Crippen molar-refractivity contribution >= 4 is 136 Å². The molecule has 1 aliphatic carbocycles. The maximum absolute atomic E-state index is 15.1. The molecule has 0 aliphatic heterocycles. The Morgan fingerprint density at radius 3 is 1.15 bits per heavy atom. The van der Waals surface area contributed by atoms with Gasteiger partial charge in [-0.3, -0.25) is 4.57 Å². The number of anilines is 3. The van der Waals surface area contributed by atoms with E-state index >= 15 is 17.6 Å². The van der Waals surface area contributed by atoms with Crippen molar-refractivity contribution in [3.63, 3.8) is 0 Å². The number of para-hydroxylation sites is 5. The molecule has 2 aromatic heterocycles. The van der Waals surface area contributed by atoms with Gasteiger partial charge in [0.25, 0.3) is 0 Å². The van der Waals surface area contributed by atoms with Gasteiger partial charge < -0.3 is 9.47 Å². The number of hydrogen-bond donors (Lipinski definition) is 0. The van der Waals surface area contributed by atoms with Gasteiger partial charge in [-0.15, -0.1) is 0 Å². The van der Waals surface area contributed by atoms with Crippen molar-refractivity contribution in [1.29, 1.82) is 21.0 Å². The zero-order valence-corrected chi connectivity index (χ0v) is 75.7. The number of rotatable bonds is 11. The highest BCUT2D eigenvalue weighted by Gasteiger charge is 2.38. The Morgan fingerprint density at radius 1 is 0.261 bits per heavy atom. The second-order valence-electron chi connectivity index (χ2n) is 35.7. The van der Waals surface area contributed by atoms with E-state index in [0.29, 0.717) is 0 Å². The van der Waals surface area contributed by atoms with Gasteiger partial charge in [0.05, 0.1) is 54.0 Å². The maximum Gasteiger partial charge on any atom is 0.170 e. The summed E-state index contributed by atoms with van der Waals surface area (Å²) in [5, 5.41) is 36.0. The molecular weight excluding hydrogens is 1780 g/mol. The molecule has 25 rings (SSSR count). The minimum Gasteiger partial charge on any atom is -0.310 e. The van der Waals surface area contributed by atoms with E-state index in [0.717, 1.165) is 75.0 Å². The smallest absolute Gasteiger partial charge is 0.170 e. The van der Waals surface area contributed by atoms with E-state index in [1.54, 1.807) is 0 Å². The minimum atomic E-state index is -2.27. The van der Waals surface area contributed by atoms with Crippen molar-refractivity contribution in [2.45, 2.75) is 19.3 Å². The number of benzene rings is 22. The highest BCUT2D eigenvalue weighted by Crippen LogP contribution is 2.53. The van der Waals surface area contributed by atoms with E-state index in [1.165, 1.54) is 143 Å². The summed E-state index contributed by atoms with van der Waals surface area (Å²) in [6, 6.07) is 150. The van der Waals surface area contributed by atoms with Crippen LogP contribution in [0.25, 0.3) is 209 Å². The summed E-state index contributed by atoms with van der Waals surface area (Å²) in [6.45, 7) is 4.70. The molecule has 672 valence electrons. The molecule has 1 aliphatic rings. The number of nitriles is 4. The fraction of sp³-hybridized carbons (Fsp3) is 0.0238. The SMILES string of the molecule is CC1(C)c2ccccc2-c2ccc(N(c3ccc(-c4ccccc4)cc3)c3ccc(-c4ccc5c(c4)c4ccccc4n5-c4ccccc4)cc3)cc21.N#CC(C#N)=c1c(F)c2c(F)c(F)c3c(F)c(=C(C#N)C#N)c(F)c4c(F)c(F)c(c1F)c2c34.c1ccc(-n2c(-c3ccc(-c4ccc5c(-c6ccc7ccccc7c6)c6ccccc6c(-c6ccc7ccccc7c6)c5c4)cc3)nc3ccccc32)cc1. The van der Waals surface area contributed by atoms with Crippen LogP contribution in [0, 0.1) is 91.9 Å². The molecule has 142 heavy (non-hydrogen) atoms. The van der Waals surface area contributed by atoms with Crippen LogP contribution in [-0.2, 0) is 5.41 Å². The lowest BCUT2D eigenvalue weighted by Crippen LogP contribution is -2.22. The molecule has 22 aromatic carbocycles.